The number of rotatable bonds is 3. The summed E-state index contributed by atoms with van der Waals surface area (Å²) in [5, 5.41) is 13.4. The summed E-state index contributed by atoms with van der Waals surface area (Å²) in [4.78, 5) is 26.4. The molecule has 120 valence electrons. The summed E-state index contributed by atoms with van der Waals surface area (Å²) in [6, 6.07) is 10.0. The van der Waals surface area contributed by atoms with Gasteiger partial charge in [0.2, 0.25) is 0 Å². The van der Waals surface area contributed by atoms with E-state index in [9.17, 15) is 19.3 Å². The topological polar surface area (TPSA) is 84.6 Å². The zero-order valence-electron chi connectivity index (χ0n) is 12.0. The zero-order chi connectivity index (χ0) is 17.3. The number of nitro groups is 1. The van der Waals surface area contributed by atoms with E-state index in [0.717, 1.165) is 0 Å². The standard InChI is InChI=1S/C16H9ClFN3O3/c17-11-6-5-10(8-14(11)21(23)24)15-19-13(16(22)20-15)7-9-3-1-2-4-12(9)18/h1-8H,(H,19,20,22)/b13-7+. The molecule has 6 nitrogen and oxygen atoms in total. The number of carbonyl (C=O) groups is 1. The van der Waals surface area contributed by atoms with E-state index in [1.165, 1.54) is 42.5 Å². The maximum absolute atomic E-state index is 13.7. The van der Waals surface area contributed by atoms with Crippen molar-refractivity contribution in [2.45, 2.75) is 0 Å². The Hall–Kier alpha value is -3.06. The van der Waals surface area contributed by atoms with Crippen LogP contribution in [0.1, 0.15) is 11.1 Å². The van der Waals surface area contributed by atoms with Crippen molar-refractivity contribution in [1.82, 2.24) is 5.32 Å². The van der Waals surface area contributed by atoms with Gasteiger partial charge in [-0.15, -0.1) is 0 Å². The van der Waals surface area contributed by atoms with Crippen LogP contribution in [0, 0.1) is 15.9 Å². The molecule has 1 amide bonds. The van der Waals surface area contributed by atoms with Crippen LogP contribution in [-0.4, -0.2) is 16.7 Å². The number of amides is 1. The fourth-order valence-corrected chi connectivity index (χ4v) is 2.33. The van der Waals surface area contributed by atoms with Gasteiger partial charge >= 0.3 is 0 Å². The van der Waals surface area contributed by atoms with Crippen molar-refractivity contribution in [3.05, 3.63) is 80.2 Å². The summed E-state index contributed by atoms with van der Waals surface area (Å²) < 4.78 is 13.7. The molecule has 0 radical (unpaired) electrons. The summed E-state index contributed by atoms with van der Waals surface area (Å²) >= 11 is 5.76. The van der Waals surface area contributed by atoms with Crippen LogP contribution in [-0.2, 0) is 4.79 Å². The van der Waals surface area contributed by atoms with Gasteiger partial charge < -0.3 is 5.32 Å². The van der Waals surface area contributed by atoms with Gasteiger partial charge in [0, 0.05) is 17.2 Å². The first-order valence-electron chi connectivity index (χ1n) is 6.76. The first-order valence-corrected chi connectivity index (χ1v) is 7.14. The fraction of sp³-hybridized carbons (Fsp3) is 0. The van der Waals surface area contributed by atoms with Crippen molar-refractivity contribution in [2.75, 3.05) is 0 Å². The largest absolute Gasteiger partial charge is 0.305 e. The van der Waals surface area contributed by atoms with E-state index in [1.807, 2.05) is 0 Å². The maximum Gasteiger partial charge on any atom is 0.288 e. The number of benzene rings is 2. The molecule has 1 aliphatic heterocycles. The van der Waals surface area contributed by atoms with Gasteiger partial charge in [0.1, 0.15) is 22.4 Å². The minimum Gasteiger partial charge on any atom is -0.305 e. The molecular weight excluding hydrogens is 337 g/mol. The second-order valence-electron chi connectivity index (χ2n) is 4.89. The van der Waals surface area contributed by atoms with Crippen molar-refractivity contribution >= 4 is 35.1 Å². The SMILES string of the molecule is O=C1NC(c2ccc(Cl)c([N+](=O)[O-])c2)=N/C1=C/c1ccccc1F. The highest BCUT2D eigenvalue weighted by atomic mass is 35.5. The number of nitrogens with one attached hydrogen (secondary N) is 1. The lowest BCUT2D eigenvalue weighted by atomic mass is 10.2. The van der Waals surface area contributed by atoms with Gasteiger partial charge in [0.25, 0.3) is 11.6 Å². The highest BCUT2D eigenvalue weighted by molar-refractivity contribution is 6.33. The van der Waals surface area contributed by atoms with E-state index in [2.05, 4.69) is 10.3 Å². The van der Waals surface area contributed by atoms with E-state index in [4.69, 9.17) is 11.6 Å². The summed E-state index contributed by atoms with van der Waals surface area (Å²) in [6.07, 6.45) is 1.31. The predicted molar refractivity (Wildman–Crippen MR) is 87.2 cm³/mol. The molecular formula is C16H9ClFN3O3. The van der Waals surface area contributed by atoms with E-state index >= 15 is 0 Å². The minimum absolute atomic E-state index is 0.00713. The number of nitro benzene ring substituents is 1. The van der Waals surface area contributed by atoms with Crippen LogP contribution in [0.5, 0.6) is 0 Å². The smallest absolute Gasteiger partial charge is 0.288 e. The molecule has 0 saturated carbocycles. The Labute approximate surface area is 140 Å². The molecule has 0 fully saturated rings. The quantitative estimate of drug-likeness (QED) is 0.526. The molecule has 0 aliphatic carbocycles. The van der Waals surface area contributed by atoms with E-state index in [-0.39, 0.29) is 27.8 Å². The number of aliphatic imine (C=N–C) groups is 1. The van der Waals surface area contributed by atoms with Crippen LogP contribution in [0.3, 0.4) is 0 Å². The van der Waals surface area contributed by atoms with Crippen molar-refractivity contribution in [2.24, 2.45) is 4.99 Å². The van der Waals surface area contributed by atoms with E-state index < -0.39 is 16.6 Å². The highest BCUT2D eigenvalue weighted by Gasteiger charge is 2.23. The Kier molecular flexibility index (Phi) is 4.09. The molecule has 0 spiro atoms. The number of amidine groups is 1. The molecule has 0 bridgehead atoms. The second-order valence-corrected chi connectivity index (χ2v) is 5.30. The Bertz CT molecular complexity index is 925. The first kappa shape index (κ1) is 15.8. The summed E-state index contributed by atoms with van der Waals surface area (Å²) in [7, 11) is 0. The summed E-state index contributed by atoms with van der Waals surface area (Å²) in [5.74, 6) is -0.864. The fourth-order valence-electron chi connectivity index (χ4n) is 2.14. The monoisotopic (exact) mass is 345 g/mol. The molecule has 1 N–H and O–H groups in total. The molecule has 2 aromatic rings. The molecule has 0 atom stereocenters. The minimum atomic E-state index is -0.626. The maximum atomic E-state index is 13.7. The van der Waals surface area contributed by atoms with Crippen LogP contribution in [0.2, 0.25) is 5.02 Å². The van der Waals surface area contributed by atoms with Gasteiger partial charge in [-0.3, -0.25) is 14.9 Å². The zero-order valence-corrected chi connectivity index (χ0v) is 12.7. The van der Waals surface area contributed by atoms with E-state index in [1.54, 1.807) is 6.07 Å². The van der Waals surface area contributed by atoms with E-state index in [0.29, 0.717) is 5.56 Å². The lowest BCUT2D eigenvalue weighted by Crippen LogP contribution is -2.24. The molecule has 0 unspecified atom stereocenters. The third-order valence-corrected chi connectivity index (χ3v) is 3.63. The third-order valence-electron chi connectivity index (χ3n) is 3.31. The van der Waals surface area contributed by atoms with Crippen molar-refractivity contribution in [3.8, 4) is 0 Å². The Morgan fingerprint density at radius 3 is 2.71 bits per heavy atom. The molecule has 8 heteroatoms. The average molecular weight is 346 g/mol. The van der Waals surface area contributed by atoms with Crippen LogP contribution >= 0.6 is 11.6 Å². The second kappa shape index (κ2) is 6.21. The molecule has 24 heavy (non-hydrogen) atoms. The van der Waals surface area contributed by atoms with Crippen LogP contribution < -0.4 is 5.32 Å². The molecule has 1 heterocycles. The molecule has 3 rings (SSSR count). The van der Waals surface area contributed by atoms with Gasteiger partial charge in [0.15, 0.2) is 0 Å². The number of carbonyl (C=O) groups excluding carboxylic acids is 1. The number of hydrogen-bond acceptors (Lipinski definition) is 4. The molecule has 0 saturated heterocycles. The Morgan fingerprint density at radius 1 is 1.25 bits per heavy atom. The Morgan fingerprint density at radius 2 is 2.00 bits per heavy atom. The van der Waals surface area contributed by atoms with Crippen LogP contribution in [0.15, 0.2) is 53.2 Å². The molecule has 2 aromatic carbocycles. The van der Waals surface area contributed by atoms with Crippen LogP contribution in [0.25, 0.3) is 6.08 Å². The van der Waals surface area contributed by atoms with Gasteiger partial charge in [-0.2, -0.15) is 0 Å². The normalized spacial score (nSPS) is 15.3. The number of halogens is 2. The average Bonchev–Trinajstić information content (AvgIpc) is 2.91. The van der Waals surface area contributed by atoms with Gasteiger partial charge in [-0.1, -0.05) is 29.8 Å². The number of nitrogens with zero attached hydrogens (tertiary/aromatic N) is 2. The van der Waals surface area contributed by atoms with Gasteiger partial charge in [0.05, 0.1) is 4.92 Å². The Balaban J connectivity index is 2.00. The molecule has 1 aliphatic rings. The number of hydrogen-bond donors (Lipinski definition) is 1. The summed E-state index contributed by atoms with van der Waals surface area (Å²) in [6.45, 7) is 0. The highest BCUT2D eigenvalue weighted by Crippen LogP contribution is 2.26. The van der Waals surface area contributed by atoms with Crippen molar-refractivity contribution in [3.63, 3.8) is 0 Å². The summed E-state index contributed by atoms with van der Waals surface area (Å²) in [5.41, 5.74) is 0.261. The van der Waals surface area contributed by atoms with Gasteiger partial charge in [-0.25, -0.2) is 9.38 Å². The lowest BCUT2D eigenvalue weighted by Gasteiger charge is -2.01. The third kappa shape index (κ3) is 3.02. The molecule has 0 aromatic heterocycles. The first-order chi connectivity index (χ1) is 11.5. The predicted octanol–water partition coefficient (Wildman–Crippen LogP) is 3.30. The van der Waals surface area contributed by atoms with Crippen molar-refractivity contribution < 1.29 is 14.1 Å². The van der Waals surface area contributed by atoms with Crippen molar-refractivity contribution in [1.29, 1.82) is 0 Å². The van der Waals surface area contributed by atoms with Crippen LogP contribution in [0.4, 0.5) is 10.1 Å². The lowest BCUT2D eigenvalue weighted by molar-refractivity contribution is -0.384. The van der Waals surface area contributed by atoms with Gasteiger partial charge in [-0.05, 0) is 24.3 Å².